The van der Waals surface area contributed by atoms with Crippen molar-refractivity contribution in [1.82, 2.24) is 4.98 Å². The molecule has 1 amide bonds. The zero-order chi connectivity index (χ0) is 14.7. The number of benzene rings is 1. The summed E-state index contributed by atoms with van der Waals surface area (Å²) in [6.45, 7) is 0. The zero-order valence-corrected chi connectivity index (χ0v) is 9.91. The van der Waals surface area contributed by atoms with Crippen LogP contribution >= 0.6 is 0 Å². The fourth-order valence-corrected chi connectivity index (χ4v) is 1.50. The molecule has 7 nitrogen and oxygen atoms in total. The van der Waals surface area contributed by atoms with Crippen LogP contribution in [0.15, 0.2) is 36.5 Å². The summed E-state index contributed by atoms with van der Waals surface area (Å²) in [6, 6.07) is 5.38. The quantitative estimate of drug-likeness (QED) is 0.660. The molecule has 1 aromatic carbocycles. The fourth-order valence-electron chi connectivity index (χ4n) is 1.50. The Kier molecular flexibility index (Phi) is 3.56. The van der Waals surface area contributed by atoms with E-state index in [0.717, 1.165) is 30.5 Å². The Bertz CT molecular complexity index is 673. The maximum absolute atomic E-state index is 12.7. The Balaban J connectivity index is 2.31. The lowest BCUT2D eigenvalue weighted by Gasteiger charge is -2.05. The van der Waals surface area contributed by atoms with Crippen molar-refractivity contribution in [3.63, 3.8) is 0 Å². The molecule has 0 aliphatic heterocycles. The van der Waals surface area contributed by atoms with Crippen LogP contribution in [0.1, 0.15) is 10.4 Å². The second-order valence-corrected chi connectivity index (χ2v) is 3.77. The molecule has 2 aromatic rings. The van der Waals surface area contributed by atoms with Gasteiger partial charge >= 0.3 is 0 Å². The van der Waals surface area contributed by atoms with Gasteiger partial charge in [-0.25, -0.2) is 9.37 Å². The molecule has 102 valence electrons. The number of nitro groups is 1. The van der Waals surface area contributed by atoms with Crippen LogP contribution in [-0.4, -0.2) is 20.9 Å². The van der Waals surface area contributed by atoms with Crippen LogP contribution in [0.5, 0.6) is 5.75 Å². The number of carbonyl (C=O) groups is 1. The van der Waals surface area contributed by atoms with E-state index in [1.165, 1.54) is 6.07 Å². The molecule has 0 saturated heterocycles. The van der Waals surface area contributed by atoms with E-state index in [0.29, 0.717) is 0 Å². The van der Waals surface area contributed by atoms with E-state index >= 15 is 0 Å². The van der Waals surface area contributed by atoms with Crippen molar-refractivity contribution in [2.24, 2.45) is 0 Å². The van der Waals surface area contributed by atoms with Crippen molar-refractivity contribution < 1.29 is 19.2 Å². The van der Waals surface area contributed by atoms with E-state index in [9.17, 15) is 24.4 Å². The molecule has 0 unspecified atom stereocenters. The maximum atomic E-state index is 12.7. The summed E-state index contributed by atoms with van der Waals surface area (Å²) < 4.78 is 12.7. The molecule has 0 saturated carbocycles. The smallest absolute Gasteiger partial charge is 0.282 e. The molecule has 2 N–H and O–H groups in total. The summed E-state index contributed by atoms with van der Waals surface area (Å²) in [7, 11) is 0. The molecule has 20 heavy (non-hydrogen) atoms. The second kappa shape index (κ2) is 5.31. The molecule has 0 aliphatic rings. The van der Waals surface area contributed by atoms with Gasteiger partial charge in [0.25, 0.3) is 11.6 Å². The standard InChI is InChI=1S/C12H8FN3O4/c13-7-1-4-11(14-6-7)15-12(18)9-5-8(17)2-3-10(9)16(19)20/h1-6,17H,(H,14,15,18). The molecule has 1 heterocycles. The number of hydrogen-bond acceptors (Lipinski definition) is 5. The number of rotatable bonds is 3. The highest BCUT2D eigenvalue weighted by Gasteiger charge is 2.21. The van der Waals surface area contributed by atoms with Crippen molar-refractivity contribution in [1.29, 1.82) is 0 Å². The molecular weight excluding hydrogens is 269 g/mol. The van der Waals surface area contributed by atoms with Crippen molar-refractivity contribution in [3.05, 3.63) is 58.0 Å². The SMILES string of the molecule is O=C(Nc1ccc(F)cn1)c1cc(O)ccc1[N+](=O)[O-]. The first-order valence-electron chi connectivity index (χ1n) is 5.37. The molecule has 0 bridgehead atoms. The number of nitro benzene ring substituents is 1. The lowest BCUT2D eigenvalue weighted by atomic mass is 10.1. The van der Waals surface area contributed by atoms with Crippen LogP contribution in [0.2, 0.25) is 0 Å². The number of phenolic OH excluding ortho intramolecular Hbond substituents is 1. The number of carbonyl (C=O) groups excluding carboxylic acids is 1. The van der Waals surface area contributed by atoms with Crippen LogP contribution in [0.4, 0.5) is 15.9 Å². The largest absolute Gasteiger partial charge is 0.508 e. The van der Waals surface area contributed by atoms with Gasteiger partial charge in [-0.3, -0.25) is 14.9 Å². The Morgan fingerprint density at radius 2 is 2.10 bits per heavy atom. The van der Waals surface area contributed by atoms with Gasteiger partial charge in [-0.2, -0.15) is 0 Å². The number of pyridine rings is 1. The molecule has 0 aliphatic carbocycles. The van der Waals surface area contributed by atoms with Crippen molar-refractivity contribution >= 4 is 17.4 Å². The van der Waals surface area contributed by atoms with Crippen molar-refractivity contribution in [2.45, 2.75) is 0 Å². The number of anilines is 1. The lowest BCUT2D eigenvalue weighted by molar-refractivity contribution is -0.385. The van der Waals surface area contributed by atoms with Crippen LogP contribution in [0, 0.1) is 15.9 Å². The van der Waals surface area contributed by atoms with Crippen molar-refractivity contribution in [3.8, 4) is 5.75 Å². The minimum Gasteiger partial charge on any atom is -0.508 e. The third-order valence-electron chi connectivity index (χ3n) is 2.39. The van der Waals surface area contributed by atoms with Gasteiger partial charge in [-0.15, -0.1) is 0 Å². The van der Waals surface area contributed by atoms with Crippen LogP contribution in [-0.2, 0) is 0 Å². The Hall–Kier alpha value is -3.03. The molecule has 0 spiro atoms. The topological polar surface area (TPSA) is 105 Å². The van der Waals surface area contributed by atoms with Gasteiger partial charge in [0.1, 0.15) is 22.9 Å². The van der Waals surface area contributed by atoms with E-state index in [-0.39, 0.29) is 17.1 Å². The monoisotopic (exact) mass is 277 g/mol. The number of aromatic hydroxyl groups is 1. The minimum absolute atomic E-state index is 0.0361. The number of nitrogens with one attached hydrogen (secondary N) is 1. The Morgan fingerprint density at radius 3 is 2.70 bits per heavy atom. The molecule has 2 rings (SSSR count). The summed E-state index contributed by atoms with van der Waals surface area (Å²) in [5.41, 5.74) is -0.775. The number of nitrogens with zero attached hydrogens (tertiary/aromatic N) is 2. The molecule has 1 aromatic heterocycles. The molecule has 0 atom stereocenters. The fraction of sp³-hybridized carbons (Fsp3) is 0. The van der Waals surface area contributed by atoms with E-state index < -0.39 is 22.3 Å². The zero-order valence-electron chi connectivity index (χ0n) is 9.91. The number of amides is 1. The predicted molar refractivity (Wildman–Crippen MR) is 66.9 cm³/mol. The molecule has 8 heteroatoms. The first-order chi connectivity index (χ1) is 9.47. The number of phenols is 1. The Labute approximate surface area is 111 Å². The van der Waals surface area contributed by atoms with Gasteiger partial charge in [-0.05, 0) is 24.3 Å². The van der Waals surface area contributed by atoms with E-state index in [1.54, 1.807) is 0 Å². The van der Waals surface area contributed by atoms with Gasteiger partial charge in [0, 0.05) is 6.07 Å². The van der Waals surface area contributed by atoms with Gasteiger partial charge in [0.05, 0.1) is 11.1 Å². The first-order valence-corrected chi connectivity index (χ1v) is 5.37. The molecule has 0 radical (unpaired) electrons. The van der Waals surface area contributed by atoms with Crippen molar-refractivity contribution in [2.75, 3.05) is 5.32 Å². The first kappa shape index (κ1) is 13.4. The lowest BCUT2D eigenvalue weighted by Crippen LogP contribution is -2.14. The summed E-state index contributed by atoms with van der Waals surface area (Å²) in [4.78, 5) is 25.6. The Morgan fingerprint density at radius 1 is 1.35 bits per heavy atom. The number of hydrogen-bond donors (Lipinski definition) is 2. The average Bonchev–Trinajstić information content (AvgIpc) is 2.41. The number of aromatic nitrogens is 1. The highest BCUT2D eigenvalue weighted by Crippen LogP contribution is 2.24. The van der Waals surface area contributed by atoms with E-state index in [4.69, 9.17) is 0 Å². The average molecular weight is 277 g/mol. The summed E-state index contributed by atoms with van der Waals surface area (Å²) in [6.07, 6.45) is 0.895. The normalized spacial score (nSPS) is 10.1. The summed E-state index contributed by atoms with van der Waals surface area (Å²) >= 11 is 0. The molecular formula is C12H8FN3O4. The van der Waals surface area contributed by atoms with Crippen LogP contribution in [0.3, 0.4) is 0 Å². The number of halogens is 1. The van der Waals surface area contributed by atoms with Crippen LogP contribution in [0.25, 0.3) is 0 Å². The van der Waals surface area contributed by atoms with Gasteiger partial charge in [0.2, 0.25) is 0 Å². The summed E-state index contributed by atoms with van der Waals surface area (Å²) in [5, 5.41) is 22.4. The third-order valence-corrected chi connectivity index (χ3v) is 2.39. The van der Waals surface area contributed by atoms with Gasteiger partial charge in [-0.1, -0.05) is 0 Å². The van der Waals surface area contributed by atoms with Gasteiger partial charge < -0.3 is 10.4 Å². The molecule has 0 fully saturated rings. The van der Waals surface area contributed by atoms with E-state index in [2.05, 4.69) is 10.3 Å². The third kappa shape index (κ3) is 2.86. The second-order valence-electron chi connectivity index (χ2n) is 3.77. The highest BCUT2D eigenvalue weighted by molar-refractivity contribution is 6.06. The van der Waals surface area contributed by atoms with Crippen LogP contribution < -0.4 is 5.32 Å². The highest BCUT2D eigenvalue weighted by atomic mass is 19.1. The predicted octanol–water partition coefficient (Wildman–Crippen LogP) is 2.09. The van der Waals surface area contributed by atoms with E-state index in [1.807, 2.05) is 0 Å². The van der Waals surface area contributed by atoms with Gasteiger partial charge in [0.15, 0.2) is 0 Å². The maximum Gasteiger partial charge on any atom is 0.282 e. The minimum atomic E-state index is -0.827. The summed E-state index contributed by atoms with van der Waals surface area (Å²) in [5.74, 6) is -1.65.